The molecule has 10 heterocycles. The Morgan fingerprint density at radius 2 is 1.00 bits per heavy atom. The van der Waals surface area contributed by atoms with Crippen molar-refractivity contribution in [2.75, 3.05) is 39.4 Å². The van der Waals surface area contributed by atoms with Gasteiger partial charge in [-0.15, -0.1) is 0 Å². The van der Waals surface area contributed by atoms with Crippen molar-refractivity contribution in [3.05, 3.63) is 140 Å². The first-order valence-corrected chi connectivity index (χ1v) is 24.1. The minimum Gasteiger partial charge on any atom is -0.396 e. The molecule has 10 rings (SSSR count). The van der Waals surface area contributed by atoms with Crippen LogP contribution in [-0.4, -0.2) is 112 Å². The molecule has 14 heteroatoms. The van der Waals surface area contributed by atoms with Crippen molar-refractivity contribution < 1.29 is 19.8 Å². The lowest BCUT2D eigenvalue weighted by Gasteiger charge is -2.36. The zero-order valence-electron chi connectivity index (χ0n) is 38.3. The molecule has 4 fully saturated rings. The third-order valence-corrected chi connectivity index (χ3v) is 15.1. The lowest BCUT2D eigenvalue weighted by molar-refractivity contribution is -0.140. The molecule has 4 aromatic rings. The van der Waals surface area contributed by atoms with Gasteiger partial charge in [0.25, 0.3) is 11.1 Å². The summed E-state index contributed by atoms with van der Waals surface area (Å²) < 4.78 is 3.70. The monoisotopic (exact) mass is 896 g/mol. The molecule has 0 aromatic carbocycles. The Morgan fingerprint density at radius 1 is 0.591 bits per heavy atom. The van der Waals surface area contributed by atoms with Gasteiger partial charge in [-0.1, -0.05) is 36.4 Å². The third-order valence-electron chi connectivity index (χ3n) is 15.1. The first-order chi connectivity index (χ1) is 32.3. The van der Waals surface area contributed by atoms with Crippen molar-refractivity contribution in [2.24, 2.45) is 23.7 Å². The van der Waals surface area contributed by atoms with Gasteiger partial charge in [0.05, 0.1) is 35.6 Å². The van der Waals surface area contributed by atoms with Crippen LogP contribution in [0.4, 0.5) is 0 Å². The van der Waals surface area contributed by atoms with E-state index in [4.69, 9.17) is 0 Å². The highest BCUT2D eigenvalue weighted by Gasteiger charge is 2.58. The van der Waals surface area contributed by atoms with Gasteiger partial charge in [-0.25, -0.2) is 0 Å². The van der Waals surface area contributed by atoms with E-state index in [1.807, 2.05) is 118 Å². The Balaban J connectivity index is 0.000000166. The second-order valence-electron chi connectivity index (χ2n) is 18.8. The predicted molar refractivity (Wildman–Crippen MR) is 252 cm³/mol. The summed E-state index contributed by atoms with van der Waals surface area (Å²) in [5.41, 5.74) is 4.96. The Hall–Kier alpha value is -5.54. The Kier molecular flexibility index (Phi) is 13.9. The number of fused-ring (bicyclic) bond motifs is 6. The van der Waals surface area contributed by atoms with E-state index in [2.05, 4.69) is 19.8 Å². The number of aliphatic hydroxyl groups is 2. The van der Waals surface area contributed by atoms with Gasteiger partial charge in [0, 0.05) is 124 Å². The maximum absolute atomic E-state index is 13.8. The minimum atomic E-state index is -0.413. The molecule has 66 heavy (non-hydrogen) atoms. The number of aliphatic hydroxyl groups excluding tert-OH is 2. The van der Waals surface area contributed by atoms with Crippen molar-refractivity contribution in [1.82, 2.24) is 38.7 Å². The summed E-state index contributed by atoms with van der Waals surface area (Å²) in [6, 6.07) is 18.4. The number of hydrogen-bond donors (Lipinski definition) is 2. The molecule has 14 nitrogen and oxygen atoms in total. The number of carbonyl (C=O) groups excluding carboxylic acids is 2. The van der Waals surface area contributed by atoms with Crippen molar-refractivity contribution >= 4 is 24.0 Å². The number of pyridine rings is 4. The Labute approximate surface area is 386 Å². The Morgan fingerprint density at radius 3 is 1.35 bits per heavy atom. The predicted octanol–water partition coefficient (Wildman–Crippen LogP) is 4.91. The summed E-state index contributed by atoms with van der Waals surface area (Å²) in [5, 5.41) is 21.0. The fourth-order valence-corrected chi connectivity index (χ4v) is 12.1. The Bertz CT molecular complexity index is 2360. The van der Waals surface area contributed by atoms with Crippen LogP contribution in [-0.2, 0) is 35.8 Å². The number of carbonyl (C=O) groups is 2. The topological polar surface area (TPSA) is 157 Å². The van der Waals surface area contributed by atoms with Gasteiger partial charge in [-0.3, -0.25) is 38.9 Å². The smallest absolute Gasteiger partial charge is 0.258 e. The van der Waals surface area contributed by atoms with Crippen molar-refractivity contribution in [3.8, 4) is 0 Å². The van der Waals surface area contributed by atoms with Crippen molar-refractivity contribution in [3.63, 3.8) is 0 Å². The highest BCUT2D eigenvalue weighted by Crippen LogP contribution is 2.51. The molecule has 4 aromatic heterocycles. The number of piperidine rings is 2. The maximum atomic E-state index is 13.8. The highest BCUT2D eigenvalue weighted by molar-refractivity contribution is 5.84. The summed E-state index contributed by atoms with van der Waals surface area (Å²) in [5.74, 6) is -0.218. The number of amides is 2. The molecule has 0 radical (unpaired) electrons. The number of nitrogens with zero attached hydrogens (tertiary/aromatic N) is 8. The minimum absolute atomic E-state index is 0.00556. The van der Waals surface area contributed by atoms with Crippen LogP contribution in [0.25, 0.3) is 12.2 Å². The van der Waals surface area contributed by atoms with E-state index in [-0.39, 0.29) is 71.9 Å². The van der Waals surface area contributed by atoms with Crippen LogP contribution in [0.2, 0.25) is 0 Å². The maximum Gasteiger partial charge on any atom is 0.258 e. The summed E-state index contributed by atoms with van der Waals surface area (Å²) >= 11 is 0. The molecule has 0 aliphatic carbocycles. The molecule has 0 bridgehead atoms. The van der Waals surface area contributed by atoms with Crippen LogP contribution >= 0.6 is 0 Å². The second kappa shape index (κ2) is 20.1. The molecule has 4 saturated heterocycles. The molecule has 6 aliphatic heterocycles. The quantitative estimate of drug-likeness (QED) is 0.225. The van der Waals surface area contributed by atoms with Crippen LogP contribution in [0.1, 0.15) is 98.4 Å². The zero-order chi connectivity index (χ0) is 45.9. The van der Waals surface area contributed by atoms with E-state index < -0.39 is 12.1 Å². The fraction of sp³-hybridized carbons (Fsp3) is 0.500. The van der Waals surface area contributed by atoms with Crippen molar-refractivity contribution in [1.29, 1.82) is 0 Å². The van der Waals surface area contributed by atoms with Crippen LogP contribution in [0.3, 0.4) is 0 Å². The number of rotatable bonds is 10. The molecule has 0 unspecified atom stereocenters. The molecule has 0 spiro atoms. The van der Waals surface area contributed by atoms with E-state index in [0.717, 1.165) is 87.5 Å². The molecular weight excluding hydrogens is 833 g/mol. The summed E-state index contributed by atoms with van der Waals surface area (Å²) in [4.78, 5) is 71.3. The van der Waals surface area contributed by atoms with Gasteiger partial charge in [0.15, 0.2) is 0 Å². The van der Waals surface area contributed by atoms with Gasteiger partial charge in [0.1, 0.15) is 0 Å². The first-order valence-electron chi connectivity index (χ1n) is 24.1. The number of allylic oxidation sites excluding steroid dienone is 2. The van der Waals surface area contributed by atoms with Crippen molar-refractivity contribution in [2.45, 2.75) is 103 Å². The lowest BCUT2D eigenvalue weighted by Crippen LogP contribution is -2.51. The van der Waals surface area contributed by atoms with Gasteiger partial charge in [0.2, 0.25) is 11.8 Å². The summed E-state index contributed by atoms with van der Waals surface area (Å²) in [6.07, 6.45) is 17.4. The zero-order valence-corrected chi connectivity index (χ0v) is 38.3. The van der Waals surface area contributed by atoms with Crippen LogP contribution in [0.5, 0.6) is 0 Å². The number of likely N-dealkylation sites (tertiary alicyclic amines) is 4. The summed E-state index contributed by atoms with van der Waals surface area (Å²) in [7, 11) is 0. The number of aromatic nitrogens is 4. The molecule has 348 valence electrons. The van der Waals surface area contributed by atoms with E-state index in [1.165, 1.54) is 0 Å². The average molecular weight is 897 g/mol. The molecule has 6 aliphatic rings. The fourth-order valence-electron chi connectivity index (χ4n) is 12.1. The lowest BCUT2D eigenvalue weighted by atomic mass is 9.88. The molecule has 8 atom stereocenters. The molecule has 2 amide bonds. The van der Waals surface area contributed by atoms with Gasteiger partial charge in [-0.05, 0) is 101 Å². The third kappa shape index (κ3) is 8.53. The van der Waals surface area contributed by atoms with E-state index in [1.54, 1.807) is 12.4 Å². The summed E-state index contributed by atoms with van der Waals surface area (Å²) in [6.45, 7) is 8.84. The molecule has 0 saturated carbocycles. The van der Waals surface area contributed by atoms with Crippen LogP contribution in [0, 0.1) is 23.7 Å². The van der Waals surface area contributed by atoms with Gasteiger partial charge in [-0.2, -0.15) is 0 Å². The van der Waals surface area contributed by atoms with Crippen LogP contribution < -0.4 is 11.1 Å². The second-order valence-corrected chi connectivity index (χ2v) is 18.8. The van der Waals surface area contributed by atoms with E-state index >= 15 is 0 Å². The highest BCUT2D eigenvalue weighted by atomic mass is 16.3. The largest absolute Gasteiger partial charge is 0.396 e. The first kappa shape index (κ1) is 45.6. The molecular formula is C52H64N8O6. The molecule has 2 N–H and O–H groups in total. The SMILES string of the molecule is C/C=C/c1ccc2n(c1=O)C[C@H]1[C@H](CO)[C@@H](C(=O)N3CCCCC3)N(Cc3ccccn3)[C@@H]21.C/C=C\c1ccc2n(c1=O)C[C@H]1[C@H](CO)[C@@H](C(=O)N3CCCCC3)N(Cc3ccccn3)[C@@H]21. The van der Waals surface area contributed by atoms with E-state index in [9.17, 15) is 29.4 Å². The van der Waals surface area contributed by atoms with Gasteiger partial charge < -0.3 is 29.1 Å². The standard InChI is InChI=1S/2C26H32N4O3/c2*1-2-8-18-10-11-22-23-20(16-29(22)25(18)32)21(17-31)24(26(33)28-13-6-3-7-14-28)30(23)15-19-9-4-5-12-27-19/h2*2,4-5,8-12,20-21,23-24,31H,3,6-7,13-17H2,1H3/b8-2+;8-2-/t2*20-,21-,23+,24-/m00/s1. The van der Waals surface area contributed by atoms with E-state index in [0.29, 0.717) is 37.3 Å². The van der Waals surface area contributed by atoms with Gasteiger partial charge >= 0.3 is 0 Å². The number of hydrogen-bond acceptors (Lipinski definition) is 10. The van der Waals surface area contributed by atoms with Crippen LogP contribution in [0.15, 0.2) is 94.8 Å². The normalized spacial score (nSPS) is 27.2. The average Bonchev–Trinajstić information content (AvgIpc) is 4.09.